The lowest BCUT2D eigenvalue weighted by atomic mass is 10.5. The summed E-state index contributed by atoms with van der Waals surface area (Å²) in [4.78, 5) is 10.7. The van der Waals surface area contributed by atoms with E-state index in [0.717, 1.165) is 22.7 Å². The van der Waals surface area contributed by atoms with Crippen molar-refractivity contribution in [1.29, 1.82) is 0 Å². The molecule has 1 N–H and O–H groups in total. The van der Waals surface area contributed by atoms with Crippen LogP contribution in [0.4, 0.5) is 0 Å². The maximum Gasteiger partial charge on any atom is 0.330 e. The summed E-state index contributed by atoms with van der Waals surface area (Å²) in [6, 6.07) is 0. The summed E-state index contributed by atoms with van der Waals surface area (Å²) in [5, 5.41) is 9.22. The third kappa shape index (κ3) is 7.86. The Labute approximate surface area is 101 Å². The molecule has 0 aromatic carbocycles. The number of methoxy groups -OCH3 is 1. The van der Waals surface area contributed by atoms with Gasteiger partial charge in [0.25, 0.3) is 0 Å². The molecule has 0 saturated carbocycles. The molecule has 0 rings (SSSR count). The third-order valence-electron chi connectivity index (χ3n) is 1.86. The molecule has 1 unspecified atom stereocenters. The van der Waals surface area contributed by atoms with Gasteiger partial charge >= 0.3 is 5.97 Å². The molecule has 0 saturated heterocycles. The van der Waals surface area contributed by atoms with Gasteiger partial charge in [-0.25, -0.2) is 17.5 Å². The van der Waals surface area contributed by atoms with Gasteiger partial charge in [-0.05, 0) is 6.08 Å². The number of ether oxygens (including phenoxy) is 2. The van der Waals surface area contributed by atoms with Gasteiger partial charge in [-0.3, -0.25) is 0 Å². The smallest absolute Gasteiger partial charge is 0.330 e. The van der Waals surface area contributed by atoms with Crippen LogP contribution in [-0.4, -0.2) is 63.7 Å². The molecule has 0 aliphatic carbocycles. The van der Waals surface area contributed by atoms with E-state index in [9.17, 15) is 18.3 Å². The molecule has 1 atom stereocenters. The number of esters is 1. The van der Waals surface area contributed by atoms with Gasteiger partial charge in [0.2, 0.25) is 10.0 Å². The third-order valence-corrected chi connectivity index (χ3v) is 3.17. The molecule has 17 heavy (non-hydrogen) atoms. The molecule has 8 heteroatoms. The van der Waals surface area contributed by atoms with E-state index in [1.807, 2.05) is 0 Å². The molecular weight excluding hydrogens is 250 g/mol. The number of carbonyl (C=O) groups excluding carboxylic acids is 1. The fraction of sp³-hybridized carbons (Fsp3) is 0.667. The maximum absolute atomic E-state index is 11.0. The lowest BCUT2D eigenvalue weighted by Gasteiger charge is -2.14. The zero-order chi connectivity index (χ0) is 13.5. The molecule has 0 aromatic rings. The lowest BCUT2D eigenvalue weighted by Crippen LogP contribution is -2.30. The number of sulfonamides is 1. The summed E-state index contributed by atoms with van der Waals surface area (Å²) in [5.74, 6) is -0.610. The molecule has 0 fully saturated rings. The Kier molecular flexibility index (Phi) is 6.97. The van der Waals surface area contributed by atoms with Crippen LogP contribution in [0.2, 0.25) is 0 Å². The van der Waals surface area contributed by atoms with E-state index >= 15 is 0 Å². The van der Waals surface area contributed by atoms with E-state index in [1.54, 1.807) is 0 Å². The van der Waals surface area contributed by atoms with Crippen LogP contribution in [0, 0.1) is 0 Å². The topological polar surface area (TPSA) is 93.1 Å². The molecule has 0 heterocycles. The standard InChI is InChI=1S/C9H17NO6S/c1-10(17(3,13)14)6-7-16-9(12)5-4-8(11)15-2/h4-5,9,12H,6-7H2,1-3H3/b5-4+. The first-order valence-electron chi connectivity index (χ1n) is 4.74. The molecule has 100 valence electrons. The van der Waals surface area contributed by atoms with Crippen molar-refractivity contribution in [3.63, 3.8) is 0 Å². The number of likely N-dealkylation sites (N-methyl/N-ethyl adjacent to an activating group) is 1. The number of rotatable bonds is 7. The highest BCUT2D eigenvalue weighted by Crippen LogP contribution is 1.95. The number of hydrogen-bond donors (Lipinski definition) is 1. The molecule has 0 amide bonds. The van der Waals surface area contributed by atoms with E-state index in [1.165, 1.54) is 14.2 Å². The van der Waals surface area contributed by atoms with E-state index in [4.69, 9.17) is 4.74 Å². The number of carbonyl (C=O) groups is 1. The Morgan fingerprint density at radius 2 is 2.12 bits per heavy atom. The van der Waals surface area contributed by atoms with Crippen LogP contribution in [-0.2, 0) is 24.3 Å². The van der Waals surface area contributed by atoms with Crippen molar-refractivity contribution in [2.75, 3.05) is 33.6 Å². The summed E-state index contributed by atoms with van der Waals surface area (Å²) in [6.07, 6.45) is 1.92. The zero-order valence-electron chi connectivity index (χ0n) is 9.99. The Bertz CT molecular complexity index is 364. The van der Waals surface area contributed by atoms with E-state index in [-0.39, 0.29) is 13.2 Å². The van der Waals surface area contributed by atoms with Gasteiger partial charge in [-0.2, -0.15) is 0 Å². The molecule has 0 bridgehead atoms. The monoisotopic (exact) mass is 267 g/mol. The van der Waals surface area contributed by atoms with Crippen molar-refractivity contribution in [3.05, 3.63) is 12.2 Å². The van der Waals surface area contributed by atoms with Crippen molar-refractivity contribution in [1.82, 2.24) is 4.31 Å². The quantitative estimate of drug-likeness (QED) is 0.359. The van der Waals surface area contributed by atoms with Gasteiger partial charge in [0.15, 0.2) is 6.29 Å². The summed E-state index contributed by atoms with van der Waals surface area (Å²) in [6.45, 7) is 0.123. The fourth-order valence-electron chi connectivity index (χ4n) is 0.752. The second-order valence-electron chi connectivity index (χ2n) is 3.23. The second kappa shape index (κ2) is 7.38. The van der Waals surface area contributed by atoms with Crippen LogP contribution >= 0.6 is 0 Å². The SMILES string of the molecule is COC(=O)/C=C/C(O)OCCN(C)S(C)(=O)=O. The number of aliphatic hydroxyl groups is 1. The van der Waals surface area contributed by atoms with E-state index in [0.29, 0.717) is 0 Å². The first kappa shape index (κ1) is 16.0. The summed E-state index contributed by atoms with van der Waals surface area (Å²) < 4.78 is 32.2. The van der Waals surface area contributed by atoms with Crippen LogP contribution in [0.5, 0.6) is 0 Å². The second-order valence-corrected chi connectivity index (χ2v) is 5.32. The zero-order valence-corrected chi connectivity index (χ0v) is 10.8. The molecule has 0 aliphatic rings. The predicted molar refractivity (Wildman–Crippen MR) is 60.6 cm³/mol. The van der Waals surface area contributed by atoms with Crippen molar-refractivity contribution in [2.24, 2.45) is 0 Å². The molecule has 0 aliphatic heterocycles. The fourth-order valence-corrected chi connectivity index (χ4v) is 1.16. The van der Waals surface area contributed by atoms with Gasteiger partial charge in [0.1, 0.15) is 0 Å². The van der Waals surface area contributed by atoms with Gasteiger partial charge in [0.05, 0.1) is 20.0 Å². The average molecular weight is 267 g/mol. The molecule has 0 radical (unpaired) electrons. The van der Waals surface area contributed by atoms with Gasteiger partial charge < -0.3 is 14.6 Å². The Balaban J connectivity index is 3.90. The molecule has 0 spiro atoms. The minimum Gasteiger partial charge on any atom is -0.466 e. The average Bonchev–Trinajstić information content (AvgIpc) is 2.24. The van der Waals surface area contributed by atoms with Crippen LogP contribution in [0.1, 0.15) is 0 Å². The van der Waals surface area contributed by atoms with Crippen molar-refractivity contribution in [3.8, 4) is 0 Å². The van der Waals surface area contributed by atoms with Crippen LogP contribution in [0.15, 0.2) is 12.2 Å². The molecular formula is C9H17NO6S. The van der Waals surface area contributed by atoms with Crippen LogP contribution in [0.3, 0.4) is 0 Å². The van der Waals surface area contributed by atoms with Crippen molar-refractivity contribution in [2.45, 2.75) is 6.29 Å². The number of aliphatic hydroxyl groups excluding tert-OH is 1. The summed E-state index contributed by atoms with van der Waals surface area (Å²) in [7, 11) is -0.643. The Morgan fingerprint density at radius 1 is 1.53 bits per heavy atom. The minimum atomic E-state index is -3.25. The van der Waals surface area contributed by atoms with Gasteiger partial charge in [-0.1, -0.05) is 0 Å². The lowest BCUT2D eigenvalue weighted by molar-refractivity contribution is -0.135. The van der Waals surface area contributed by atoms with E-state index in [2.05, 4.69) is 4.74 Å². The Morgan fingerprint density at radius 3 is 2.59 bits per heavy atom. The number of hydrogen-bond acceptors (Lipinski definition) is 6. The minimum absolute atomic E-state index is 0.0102. The van der Waals surface area contributed by atoms with Gasteiger partial charge in [-0.15, -0.1) is 0 Å². The first-order chi connectivity index (χ1) is 7.77. The van der Waals surface area contributed by atoms with Gasteiger partial charge in [0, 0.05) is 19.7 Å². The van der Waals surface area contributed by atoms with Crippen molar-refractivity contribution < 1.29 is 27.8 Å². The molecule has 0 aromatic heterocycles. The Hall–Kier alpha value is -0.960. The number of nitrogens with zero attached hydrogens (tertiary/aromatic N) is 1. The summed E-state index contributed by atoms with van der Waals surface area (Å²) >= 11 is 0. The highest BCUT2D eigenvalue weighted by Gasteiger charge is 2.10. The largest absolute Gasteiger partial charge is 0.466 e. The van der Waals surface area contributed by atoms with E-state index < -0.39 is 22.3 Å². The summed E-state index contributed by atoms with van der Waals surface area (Å²) in [5.41, 5.74) is 0. The normalized spacial score (nSPS) is 14.2. The first-order valence-corrected chi connectivity index (χ1v) is 6.59. The molecule has 7 nitrogen and oxygen atoms in total. The van der Waals surface area contributed by atoms with Crippen molar-refractivity contribution >= 4 is 16.0 Å². The maximum atomic E-state index is 11.0. The van der Waals surface area contributed by atoms with Crippen LogP contribution < -0.4 is 0 Å². The highest BCUT2D eigenvalue weighted by molar-refractivity contribution is 7.88. The predicted octanol–water partition coefficient (Wildman–Crippen LogP) is -1.06. The highest BCUT2D eigenvalue weighted by atomic mass is 32.2. The van der Waals surface area contributed by atoms with Crippen LogP contribution in [0.25, 0.3) is 0 Å².